The van der Waals surface area contributed by atoms with Gasteiger partial charge in [0.25, 0.3) is 0 Å². The first-order valence-corrected chi connectivity index (χ1v) is 8.62. The predicted octanol–water partition coefficient (Wildman–Crippen LogP) is 2.62. The molecule has 1 aliphatic carbocycles. The van der Waals surface area contributed by atoms with Gasteiger partial charge in [-0.15, -0.1) is 11.3 Å². The first-order chi connectivity index (χ1) is 10.4. The van der Waals surface area contributed by atoms with Gasteiger partial charge in [-0.3, -0.25) is 4.90 Å². The first-order valence-electron chi connectivity index (χ1n) is 7.74. The Balaban J connectivity index is 1.44. The van der Waals surface area contributed by atoms with E-state index in [1.165, 1.54) is 17.7 Å². The third kappa shape index (κ3) is 2.78. The van der Waals surface area contributed by atoms with Crippen LogP contribution >= 0.6 is 11.3 Å². The van der Waals surface area contributed by atoms with Crippen molar-refractivity contribution < 1.29 is 4.74 Å². The number of imidazole rings is 1. The molecule has 2 aromatic rings. The average molecular weight is 303 g/mol. The third-order valence-electron chi connectivity index (χ3n) is 4.78. The van der Waals surface area contributed by atoms with Gasteiger partial charge in [0.15, 0.2) is 0 Å². The van der Waals surface area contributed by atoms with E-state index in [1.807, 2.05) is 23.9 Å². The van der Waals surface area contributed by atoms with Gasteiger partial charge >= 0.3 is 0 Å². The highest BCUT2D eigenvalue weighted by Gasteiger charge is 2.42. The van der Waals surface area contributed by atoms with Crippen LogP contribution in [0.25, 0.3) is 0 Å². The minimum Gasteiger partial charge on any atom is -0.375 e. The van der Waals surface area contributed by atoms with Gasteiger partial charge in [0.05, 0.1) is 19.0 Å². The van der Waals surface area contributed by atoms with E-state index in [9.17, 15) is 0 Å². The molecule has 1 saturated heterocycles. The third-order valence-corrected chi connectivity index (χ3v) is 5.64. The molecule has 0 aromatic carbocycles. The lowest BCUT2D eigenvalue weighted by atomic mass is 10.0. The van der Waals surface area contributed by atoms with Crippen molar-refractivity contribution in [1.82, 2.24) is 14.5 Å². The van der Waals surface area contributed by atoms with Crippen molar-refractivity contribution in [2.75, 3.05) is 13.2 Å². The molecule has 0 amide bonds. The molecule has 4 rings (SSSR count). The molecule has 2 aromatic heterocycles. The molecule has 5 heteroatoms. The Labute approximate surface area is 129 Å². The van der Waals surface area contributed by atoms with Gasteiger partial charge in [-0.25, -0.2) is 4.98 Å². The standard InChI is InChI=1S/C16H21N3OS/c1-2-14(21-9-1)11-19-7-8-20-16-13(3-4-15(16)19)10-18-6-5-17-12-18/h1-2,5-6,9,12-13,15-16H,3-4,7-8,10-11H2/t13-,15+,16-/m1/s1. The Kier molecular flexibility index (Phi) is 3.80. The second-order valence-corrected chi connectivity index (χ2v) is 7.08. The largest absolute Gasteiger partial charge is 0.375 e. The van der Waals surface area contributed by atoms with Gasteiger partial charge in [-0.1, -0.05) is 6.07 Å². The van der Waals surface area contributed by atoms with E-state index in [4.69, 9.17) is 4.74 Å². The van der Waals surface area contributed by atoms with Crippen molar-refractivity contribution in [3.05, 3.63) is 41.1 Å². The number of morpholine rings is 1. The second kappa shape index (κ2) is 5.91. The summed E-state index contributed by atoms with van der Waals surface area (Å²) in [6.45, 7) is 4.05. The molecule has 21 heavy (non-hydrogen) atoms. The molecule has 0 bridgehead atoms. The van der Waals surface area contributed by atoms with Crippen LogP contribution in [0, 0.1) is 5.92 Å². The van der Waals surface area contributed by atoms with Gasteiger partial charge in [-0.2, -0.15) is 0 Å². The summed E-state index contributed by atoms with van der Waals surface area (Å²) in [6.07, 6.45) is 8.74. The summed E-state index contributed by atoms with van der Waals surface area (Å²) in [5.74, 6) is 0.621. The molecule has 1 saturated carbocycles. The number of rotatable bonds is 4. The zero-order valence-electron chi connectivity index (χ0n) is 12.1. The van der Waals surface area contributed by atoms with Crippen LogP contribution in [-0.2, 0) is 17.8 Å². The van der Waals surface area contributed by atoms with E-state index in [-0.39, 0.29) is 0 Å². The van der Waals surface area contributed by atoms with E-state index >= 15 is 0 Å². The Morgan fingerprint density at radius 3 is 3.19 bits per heavy atom. The topological polar surface area (TPSA) is 30.3 Å². The lowest BCUT2D eigenvalue weighted by molar-refractivity contribution is -0.0783. The molecule has 112 valence electrons. The molecular weight excluding hydrogens is 282 g/mol. The van der Waals surface area contributed by atoms with E-state index in [2.05, 4.69) is 38.2 Å². The Bertz CT molecular complexity index is 554. The number of hydrogen-bond acceptors (Lipinski definition) is 4. The summed E-state index contributed by atoms with van der Waals surface area (Å²) in [7, 11) is 0. The lowest BCUT2D eigenvalue weighted by Crippen LogP contribution is -2.50. The van der Waals surface area contributed by atoms with Gasteiger partial charge < -0.3 is 9.30 Å². The molecule has 3 heterocycles. The first kappa shape index (κ1) is 13.5. The molecule has 0 spiro atoms. The SMILES string of the molecule is c1csc(CN2CCO[C@@H]3[C@@H](Cn4ccnc4)CC[C@@H]32)c1. The van der Waals surface area contributed by atoms with Crippen LogP contribution in [0.5, 0.6) is 0 Å². The van der Waals surface area contributed by atoms with Crippen LogP contribution in [0.15, 0.2) is 36.2 Å². The highest BCUT2D eigenvalue weighted by Crippen LogP contribution is 2.36. The number of aromatic nitrogens is 2. The number of nitrogens with zero attached hydrogens (tertiary/aromatic N) is 3. The fraction of sp³-hybridized carbons (Fsp3) is 0.562. The van der Waals surface area contributed by atoms with E-state index in [0.717, 1.165) is 26.2 Å². The van der Waals surface area contributed by atoms with Crippen LogP contribution in [0.2, 0.25) is 0 Å². The summed E-state index contributed by atoms with van der Waals surface area (Å²) >= 11 is 1.86. The lowest BCUT2D eigenvalue weighted by Gasteiger charge is -2.39. The maximum absolute atomic E-state index is 6.14. The molecule has 0 radical (unpaired) electrons. The van der Waals surface area contributed by atoms with Crippen LogP contribution < -0.4 is 0 Å². The van der Waals surface area contributed by atoms with E-state index in [1.54, 1.807) is 0 Å². The smallest absolute Gasteiger partial charge is 0.0946 e. The Morgan fingerprint density at radius 1 is 1.38 bits per heavy atom. The van der Waals surface area contributed by atoms with Gasteiger partial charge in [0, 0.05) is 48.9 Å². The quantitative estimate of drug-likeness (QED) is 0.870. The minimum atomic E-state index is 0.390. The fourth-order valence-electron chi connectivity index (χ4n) is 3.80. The van der Waals surface area contributed by atoms with Crippen molar-refractivity contribution in [2.24, 2.45) is 5.92 Å². The van der Waals surface area contributed by atoms with E-state index < -0.39 is 0 Å². The van der Waals surface area contributed by atoms with Crippen molar-refractivity contribution in [1.29, 1.82) is 0 Å². The average Bonchev–Trinajstić information content (AvgIpc) is 3.22. The normalized spacial score (nSPS) is 29.6. The molecule has 0 unspecified atom stereocenters. The highest BCUT2D eigenvalue weighted by atomic mass is 32.1. The summed E-state index contributed by atoms with van der Waals surface area (Å²) in [6, 6.07) is 4.98. The van der Waals surface area contributed by atoms with Crippen molar-refractivity contribution in [3.63, 3.8) is 0 Å². The minimum absolute atomic E-state index is 0.390. The molecule has 0 N–H and O–H groups in total. The highest BCUT2D eigenvalue weighted by molar-refractivity contribution is 7.09. The molecule has 2 aliphatic rings. The van der Waals surface area contributed by atoms with Crippen molar-refractivity contribution >= 4 is 11.3 Å². The molecule has 2 fully saturated rings. The summed E-state index contributed by atoms with van der Waals surface area (Å²) in [5.41, 5.74) is 0. The summed E-state index contributed by atoms with van der Waals surface area (Å²) in [5, 5.41) is 2.17. The van der Waals surface area contributed by atoms with Gasteiger partial charge in [0.2, 0.25) is 0 Å². The monoisotopic (exact) mass is 303 g/mol. The van der Waals surface area contributed by atoms with Crippen LogP contribution in [0.3, 0.4) is 0 Å². The zero-order chi connectivity index (χ0) is 14.1. The number of hydrogen-bond donors (Lipinski definition) is 0. The van der Waals surface area contributed by atoms with Gasteiger partial charge in [-0.05, 0) is 24.3 Å². The van der Waals surface area contributed by atoms with Crippen LogP contribution in [-0.4, -0.2) is 39.7 Å². The molecule has 4 nitrogen and oxygen atoms in total. The predicted molar refractivity (Wildman–Crippen MR) is 83.2 cm³/mol. The van der Waals surface area contributed by atoms with Gasteiger partial charge in [0.1, 0.15) is 0 Å². The Morgan fingerprint density at radius 2 is 2.38 bits per heavy atom. The summed E-state index contributed by atoms with van der Waals surface area (Å²) in [4.78, 5) is 8.25. The molecule has 3 atom stereocenters. The molecule has 1 aliphatic heterocycles. The zero-order valence-corrected chi connectivity index (χ0v) is 12.9. The Hall–Kier alpha value is -1.17. The van der Waals surface area contributed by atoms with Crippen molar-refractivity contribution in [2.45, 2.75) is 38.1 Å². The number of thiophene rings is 1. The van der Waals surface area contributed by atoms with E-state index in [0.29, 0.717) is 18.1 Å². The second-order valence-electron chi connectivity index (χ2n) is 6.05. The maximum Gasteiger partial charge on any atom is 0.0946 e. The van der Waals surface area contributed by atoms with Crippen molar-refractivity contribution in [3.8, 4) is 0 Å². The maximum atomic E-state index is 6.14. The molecular formula is C16H21N3OS. The van der Waals surface area contributed by atoms with Crippen LogP contribution in [0.1, 0.15) is 17.7 Å². The van der Waals surface area contributed by atoms with Crippen LogP contribution in [0.4, 0.5) is 0 Å². The summed E-state index contributed by atoms with van der Waals surface area (Å²) < 4.78 is 8.33. The number of fused-ring (bicyclic) bond motifs is 1. The fourth-order valence-corrected chi connectivity index (χ4v) is 4.53. The number of ether oxygens (including phenoxy) is 1.